The molecule has 3 heterocycles. The highest BCUT2D eigenvalue weighted by molar-refractivity contribution is 7.23. The van der Waals surface area contributed by atoms with E-state index in [4.69, 9.17) is 19.9 Å². The summed E-state index contributed by atoms with van der Waals surface area (Å²) in [4.78, 5) is 21.7. The Morgan fingerprint density at radius 1 is 0.322 bits per heavy atom. The Balaban J connectivity index is 1.09. The molecule has 11 rings (SSSR count). The number of benzene rings is 8. The molecule has 0 bridgehead atoms. The highest BCUT2D eigenvalue weighted by Crippen LogP contribution is 2.50. The number of para-hydroxylation sites is 1. The molecule has 0 atom stereocenters. The van der Waals surface area contributed by atoms with Crippen LogP contribution in [0.15, 0.2) is 206 Å². The van der Waals surface area contributed by atoms with Crippen molar-refractivity contribution in [2.24, 2.45) is 0 Å². The van der Waals surface area contributed by atoms with Crippen molar-refractivity contribution in [2.45, 2.75) is 0 Å². The third-order valence-corrected chi connectivity index (χ3v) is 12.2. The summed E-state index contributed by atoms with van der Waals surface area (Å²) in [6.45, 7) is 0. The topological polar surface area (TPSA) is 51.6 Å². The Morgan fingerprint density at radius 3 is 1.58 bits per heavy atom. The van der Waals surface area contributed by atoms with Crippen molar-refractivity contribution in [1.29, 1.82) is 0 Å². The smallest absolute Gasteiger partial charge is 0.164 e. The van der Waals surface area contributed by atoms with Gasteiger partial charge in [-0.05, 0) is 51.2 Å². The quantitative estimate of drug-likeness (QED) is 0.162. The van der Waals surface area contributed by atoms with Crippen molar-refractivity contribution >= 4 is 43.1 Å². The van der Waals surface area contributed by atoms with Crippen molar-refractivity contribution in [3.63, 3.8) is 0 Å². The summed E-state index contributed by atoms with van der Waals surface area (Å²) in [5.74, 6) is 1.89. The number of fused-ring (bicyclic) bond motifs is 4. The first-order valence-corrected chi connectivity index (χ1v) is 20.5. The Kier molecular flexibility index (Phi) is 8.64. The maximum Gasteiger partial charge on any atom is 0.164 e. The zero-order valence-electron chi connectivity index (χ0n) is 31.8. The normalized spacial score (nSPS) is 11.4. The summed E-state index contributed by atoms with van der Waals surface area (Å²) in [5.41, 5.74) is 11.6. The average Bonchev–Trinajstić information content (AvgIpc) is 3.73. The van der Waals surface area contributed by atoms with Gasteiger partial charge < -0.3 is 0 Å². The molecular weight excluding hydrogens is 737 g/mol. The predicted molar refractivity (Wildman–Crippen MR) is 246 cm³/mol. The largest absolute Gasteiger partial charge is 0.246 e. The van der Waals surface area contributed by atoms with E-state index in [1.807, 2.05) is 47.7 Å². The summed E-state index contributed by atoms with van der Waals surface area (Å²) in [6, 6.07) is 72.2. The van der Waals surface area contributed by atoms with Crippen LogP contribution < -0.4 is 0 Å². The lowest BCUT2D eigenvalue weighted by Gasteiger charge is -2.11. The number of pyridine rings is 1. The minimum atomic E-state index is 0.623. The van der Waals surface area contributed by atoms with Crippen molar-refractivity contribution in [1.82, 2.24) is 19.9 Å². The number of nitrogens with zero attached hydrogens (tertiary/aromatic N) is 4. The molecule has 11 aromatic rings. The van der Waals surface area contributed by atoms with E-state index in [-0.39, 0.29) is 0 Å². The van der Waals surface area contributed by atoms with Crippen LogP contribution >= 0.6 is 11.3 Å². The van der Waals surface area contributed by atoms with E-state index >= 15 is 0 Å². The van der Waals surface area contributed by atoms with Gasteiger partial charge in [-0.1, -0.05) is 188 Å². The van der Waals surface area contributed by atoms with Crippen LogP contribution in [0.1, 0.15) is 0 Å². The summed E-state index contributed by atoms with van der Waals surface area (Å²) < 4.78 is 1.17. The SMILES string of the molecule is c1ccc(-c2cccc(-c3nc(-c4ccccc4)nc(-c4ccc(-c5sc6c(-c7ccccc7)nc7ccccc7c6c5-c5ccc6ccccc6c5)cc4)n3)c2)cc1. The lowest BCUT2D eigenvalue weighted by Crippen LogP contribution is -2.00. The minimum absolute atomic E-state index is 0.623. The predicted octanol–water partition coefficient (Wildman–Crippen LogP) is 14.5. The third-order valence-electron chi connectivity index (χ3n) is 10.9. The van der Waals surface area contributed by atoms with Gasteiger partial charge in [0.1, 0.15) is 0 Å². The van der Waals surface area contributed by atoms with Gasteiger partial charge in [-0.3, -0.25) is 0 Å². The molecule has 0 aliphatic rings. The molecule has 0 aliphatic heterocycles. The fourth-order valence-electron chi connectivity index (χ4n) is 8.01. The van der Waals surface area contributed by atoms with Crippen LogP contribution in [0.5, 0.6) is 0 Å². The second-order valence-electron chi connectivity index (χ2n) is 14.6. The molecule has 59 heavy (non-hydrogen) atoms. The lowest BCUT2D eigenvalue weighted by atomic mass is 9.94. The van der Waals surface area contributed by atoms with E-state index in [1.54, 1.807) is 0 Å². The number of thiophene rings is 1. The van der Waals surface area contributed by atoms with Crippen LogP contribution in [-0.4, -0.2) is 19.9 Å². The van der Waals surface area contributed by atoms with Gasteiger partial charge in [0.2, 0.25) is 0 Å². The van der Waals surface area contributed by atoms with E-state index in [0.717, 1.165) is 55.5 Å². The zero-order valence-corrected chi connectivity index (χ0v) is 32.6. The summed E-state index contributed by atoms with van der Waals surface area (Å²) in [7, 11) is 0. The summed E-state index contributed by atoms with van der Waals surface area (Å²) >= 11 is 1.81. The molecule has 0 saturated heterocycles. The Hall–Kier alpha value is -7.60. The highest BCUT2D eigenvalue weighted by atomic mass is 32.1. The number of hydrogen-bond acceptors (Lipinski definition) is 5. The highest BCUT2D eigenvalue weighted by Gasteiger charge is 2.23. The standard InChI is InChI=1S/C54H34N4S/c1-4-15-35(16-5-1)42-23-14-24-44(34-42)54-57-52(39-20-8-3-9-21-39)56-53(58-54)40-30-28-38(29-31-40)50-47(43-32-27-36-17-10-11-22-41(36)33-43)48-45-25-12-13-26-46(45)55-49(51(48)59-50)37-18-6-2-7-19-37/h1-34H. The van der Waals surface area contributed by atoms with Gasteiger partial charge in [-0.2, -0.15) is 0 Å². The second-order valence-corrected chi connectivity index (χ2v) is 15.6. The van der Waals surface area contributed by atoms with Gasteiger partial charge >= 0.3 is 0 Å². The molecule has 4 nitrogen and oxygen atoms in total. The average molecular weight is 771 g/mol. The monoisotopic (exact) mass is 770 g/mol. The van der Waals surface area contributed by atoms with Crippen LogP contribution in [0.4, 0.5) is 0 Å². The molecule has 0 spiro atoms. The van der Waals surface area contributed by atoms with Gasteiger partial charge in [-0.15, -0.1) is 11.3 Å². The van der Waals surface area contributed by atoms with Gasteiger partial charge in [0.25, 0.3) is 0 Å². The van der Waals surface area contributed by atoms with E-state index in [0.29, 0.717) is 17.5 Å². The Morgan fingerprint density at radius 2 is 0.847 bits per heavy atom. The maximum absolute atomic E-state index is 5.30. The zero-order chi connectivity index (χ0) is 39.1. The van der Waals surface area contributed by atoms with Crippen molar-refractivity contribution < 1.29 is 0 Å². The Labute approximate surface area is 345 Å². The number of hydrogen-bond donors (Lipinski definition) is 0. The molecule has 8 aromatic carbocycles. The first-order chi connectivity index (χ1) is 29.2. The molecular formula is C54H34N4S. The second kappa shape index (κ2) is 14.7. The van der Waals surface area contributed by atoms with Crippen LogP contribution in [0.3, 0.4) is 0 Å². The fraction of sp³-hybridized carbons (Fsp3) is 0. The first-order valence-electron chi connectivity index (χ1n) is 19.7. The maximum atomic E-state index is 5.30. The van der Waals surface area contributed by atoms with Crippen LogP contribution in [0.25, 0.3) is 110 Å². The molecule has 0 radical (unpaired) electrons. The van der Waals surface area contributed by atoms with E-state index in [1.165, 1.54) is 36.9 Å². The summed E-state index contributed by atoms with van der Waals surface area (Å²) in [5, 5.41) is 4.80. The van der Waals surface area contributed by atoms with Crippen molar-refractivity contribution in [3.8, 4) is 78.1 Å². The molecule has 5 heteroatoms. The minimum Gasteiger partial charge on any atom is -0.246 e. The van der Waals surface area contributed by atoms with Gasteiger partial charge in [0.05, 0.1) is 15.9 Å². The number of rotatable bonds is 7. The van der Waals surface area contributed by atoms with E-state index in [2.05, 4.69) is 170 Å². The first kappa shape index (κ1) is 34.6. The molecule has 0 aliphatic carbocycles. The Bertz CT molecular complexity index is 3310. The molecule has 0 N–H and O–H groups in total. The van der Waals surface area contributed by atoms with Crippen molar-refractivity contribution in [3.05, 3.63) is 206 Å². The molecule has 0 fully saturated rings. The molecule has 276 valence electrons. The summed E-state index contributed by atoms with van der Waals surface area (Å²) in [6.07, 6.45) is 0. The molecule has 0 amide bonds. The van der Waals surface area contributed by atoms with E-state index in [9.17, 15) is 0 Å². The molecule has 3 aromatic heterocycles. The van der Waals surface area contributed by atoms with Gasteiger partial charge in [0, 0.05) is 43.5 Å². The number of aromatic nitrogens is 4. The third kappa shape index (κ3) is 6.44. The van der Waals surface area contributed by atoms with E-state index < -0.39 is 0 Å². The molecule has 0 saturated carbocycles. The fourth-order valence-corrected chi connectivity index (χ4v) is 9.37. The van der Waals surface area contributed by atoms with Crippen molar-refractivity contribution in [2.75, 3.05) is 0 Å². The molecule has 0 unspecified atom stereocenters. The van der Waals surface area contributed by atoms with Crippen LogP contribution in [-0.2, 0) is 0 Å². The lowest BCUT2D eigenvalue weighted by molar-refractivity contribution is 1.07. The van der Waals surface area contributed by atoms with Crippen LogP contribution in [0.2, 0.25) is 0 Å². The van der Waals surface area contributed by atoms with Gasteiger partial charge in [-0.25, -0.2) is 19.9 Å². The van der Waals surface area contributed by atoms with Gasteiger partial charge in [0.15, 0.2) is 17.5 Å². The van der Waals surface area contributed by atoms with Crippen LogP contribution in [0, 0.1) is 0 Å².